The van der Waals surface area contributed by atoms with E-state index in [-0.39, 0.29) is 22.3 Å². The van der Waals surface area contributed by atoms with Crippen LogP contribution >= 0.6 is 12.2 Å². The van der Waals surface area contributed by atoms with E-state index in [9.17, 15) is 9.59 Å². The van der Waals surface area contributed by atoms with Crippen LogP contribution in [0, 0.1) is 4.77 Å². The van der Waals surface area contributed by atoms with Crippen LogP contribution in [0.15, 0.2) is 23.0 Å². The minimum Gasteiger partial charge on any atom is -0.378 e. The maximum atomic E-state index is 12.4. The first kappa shape index (κ1) is 16.9. The second kappa shape index (κ2) is 7.27. The SMILES string of the molecule is CC(CCC1CCCO1)NC(=O)c1ccc2c(=O)[nH]c(=S)[nH]c2c1. The standard InChI is InChI=1S/C17H21N3O3S/c1-10(4-6-12-3-2-8-23-12)18-15(21)11-5-7-13-14(9-11)19-17(24)20-16(13)22/h5,7,9-10,12H,2-4,6,8H2,1H3,(H,18,21)(H2,19,20,22,24). The second-order valence-corrected chi connectivity index (χ2v) is 6.66. The number of aromatic amines is 2. The maximum Gasteiger partial charge on any atom is 0.259 e. The number of benzene rings is 1. The van der Waals surface area contributed by atoms with Crippen LogP contribution in [0.3, 0.4) is 0 Å². The zero-order chi connectivity index (χ0) is 17.1. The lowest BCUT2D eigenvalue weighted by Crippen LogP contribution is -2.33. The normalized spacial score (nSPS) is 18.6. The molecule has 0 saturated carbocycles. The molecule has 1 aromatic heterocycles. The molecule has 1 fully saturated rings. The number of fused-ring (bicyclic) bond motifs is 1. The minimum atomic E-state index is -0.259. The summed E-state index contributed by atoms with van der Waals surface area (Å²) in [7, 11) is 0. The van der Waals surface area contributed by atoms with Gasteiger partial charge in [-0.2, -0.15) is 0 Å². The van der Waals surface area contributed by atoms with Gasteiger partial charge in [-0.15, -0.1) is 0 Å². The van der Waals surface area contributed by atoms with Crippen molar-refractivity contribution in [3.8, 4) is 0 Å². The molecule has 24 heavy (non-hydrogen) atoms. The molecular weight excluding hydrogens is 326 g/mol. The van der Waals surface area contributed by atoms with Gasteiger partial charge in [-0.05, 0) is 63.0 Å². The van der Waals surface area contributed by atoms with Crippen LogP contribution in [0.1, 0.15) is 43.0 Å². The summed E-state index contributed by atoms with van der Waals surface area (Å²) in [6, 6.07) is 5.00. The first-order valence-electron chi connectivity index (χ1n) is 8.22. The molecular formula is C17H21N3O3S. The van der Waals surface area contributed by atoms with Crippen molar-refractivity contribution in [1.82, 2.24) is 15.3 Å². The predicted molar refractivity (Wildman–Crippen MR) is 94.9 cm³/mol. The molecule has 3 rings (SSSR count). The molecule has 1 aromatic carbocycles. The van der Waals surface area contributed by atoms with Gasteiger partial charge < -0.3 is 15.0 Å². The van der Waals surface area contributed by atoms with Crippen molar-refractivity contribution in [3.05, 3.63) is 38.9 Å². The summed E-state index contributed by atoms with van der Waals surface area (Å²) in [5.41, 5.74) is 0.803. The van der Waals surface area contributed by atoms with E-state index in [0.717, 1.165) is 32.3 Å². The van der Waals surface area contributed by atoms with Crippen molar-refractivity contribution in [2.75, 3.05) is 6.61 Å². The average molecular weight is 347 g/mol. The summed E-state index contributed by atoms with van der Waals surface area (Å²) in [5.74, 6) is -0.156. The lowest BCUT2D eigenvalue weighted by atomic mass is 10.1. The molecule has 128 valence electrons. The predicted octanol–water partition coefficient (Wildman–Crippen LogP) is 2.66. The van der Waals surface area contributed by atoms with E-state index < -0.39 is 0 Å². The van der Waals surface area contributed by atoms with Crippen molar-refractivity contribution in [3.63, 3.8) is 0 Å². The Morgan fingerprint density at radius 2 is 2.29 bits per heavy atom. The van der Waals surface area contributed by atoms with E-state index in [4.69, 9.17) is 17.0 Å². The second-order valence-electron chi connectivity index (χ2n) is 6.26. The molecule has 7 heteroatoms. The van der Waals surface area contributed by atoms with Crippen LogP contribution in [0.4, 0.5) is 0 Å². The summed E-state index contributed by atoms with van der Waals surface area (Å²) in [6.45, 7) is 2.84. The summed E-state index contributed by atoms with van der Waals surface area (Å²) in [4.78, 5) is 29.6. The van der Waals surface area contributed by atoms with Gasteiger partial charge in [0.1, 0.15) is 0 Å². The van der Waals surface area contributed by atoms with Crippen LogP contribution in [0.2, 0.25) is 0 Å². The zero-order valence-electron chi connectivity index (χ0n) is 13.6. The van der Waals surface area contributed by atoms with Gasteiger partial charge in [0, 0.05) is 18.2 Å². The summed E-state index contributed by atoms with van der Waals surface area (Å²) >= 11 is 4.97. The van der Waals surface area contributed by atoms with Gasteiger partial charge in [-0.1, -0.05) is 0 Å². The monoisotopic (exact) mass is 347 g/mol. The quantitative estimate of drug-likeness (QED) is 0.726. The Bertz CT molecular complexity index is 852. The minimum absolute atomic E-state index is 0.0649. The van der Waals surface area contributed by atoms with Gasteiger partial charge in [0.25, 0.3) is 11.5 Å². The van der Waals surface area contributed by atoms with E-state index in [0.29, 0.717) is 22.6 Å². The van der Waals surface area contributed by atoms with Crippen molar-refractivity contribution >= 4 is 29.0 Å². The Labute approximate surface area is 144 Å². The third-order valence-corrected chi connectivity index (χ3v) is 4.53. The number of carbonyl (C=O) groups is 1. The lowest BCUT2D eigenvalue weighted by molar-refractivity contribution is 0.0899. The molecule has 1 amide bonds. The Morgan fingerprint density at radius 3 is 3.04 bits per heavy atom. The molecule has 0 radical (unpaired) electrons. The highest BCUT2D eigenvalue weighted by Gasteiger charge is 2.17. The van der Waals surface area contributed by atoms with Crippen molar-refractivity contribution < 1.29 is 9.53 Å². The molecule has 0 bridgehead atoms. The van der Waals surface area contributed by atoms with Gasteiger partial charge in [-0.25, -0.2) is 0 Å². The molecule has 2 heterocycles. The molecule has 1 saturated heterocycles. The van der Waals surface area contributed by atoms with E-state index in [1.807, 2.05) is 6.92 Å². The molecule has 2 aromatic rings. The first-order chi connectivity index (χ1) is 11.5. The largest absolute Gasteiger partial charge is 0.378 e. The Balaban J connectivity index is 1.66. The van der Waals surface area contributed by atoms with E-state index in [1.54, 1.807) is 18.2 Å². The number of carbonyl (C=O) groups excluding carboxylic acids is 1. The Kier molecular flexibility index (Phi) is 5.11. The number of hydrogen-bond acceptors (Lipinski definition) is 4. The lowest BCUT2D eigenvalue weighted by Gasteiger charge is -2.16. The number of ether oxygens (including phenoxy) is 1. The maximum absolute atomic E-state index is 12.4. The topological polar surface area (TPSA) is 87.0 Å². The van der Waals surface area contributed by atoms with Crippen LogP contribution in [-0.2, 0) is 4.74 Å². The van der Waals surface area contributed by atoms with Gasteiger partial charge in [0.15, 0.2) is 4.77 Å². The van der Waals surface area contributed by atoms with E-state index >= 15 is 0 Å². The van der Waals surface area contributed by atoms with E-state index in [2.05, 4.69) is 15.3 Å². The highest BCUT2D eigenvalue weighted by molar-refractivity contribution is 7.71. The highest BCUT2D eigenvalue weighted by atomic mass is 32.1. The van der Waals surface area contributed by atoms with Crippen molar-refractivity contribution in [1.29, 1.82) is 0 Å². The molecule has 2 atom stereocenters. The number of hydrogen-bond donors (Lipinski definition) is 3. The van der Waals surface area contributed by atoms with Gasteiger partial charge in [-0.3, -0.25) is 14.6 Å². The third-order valence-electron chi connectivity index (χ3n) is 4.32. The van der Waals surface area contributed by atoms with Gasteiger partial charge in [0.2, 0.25) is 0 Å². The molecule has 1 aliphatic rings. The summed E-state index contributed by atoms with van der Waals surface area (Å²) in [5, 5.41) is 3.47. The van der Waals surface area contributed by atoms with E-state index in [1.165, 1.54) is 0 Å². The number of H-pyrrole nitrogens is 2. The zero-order valence-corrected chi connectivity index (χ0v) is 14.4. The van der Waals surface area contributed by atoms with Crippen molar-refractivity contribution in [2.24, 2.45) is 0 Å². The molecule has 3 N–H and O–H groups in total. The highest BCUT2D eigenvalue weighted by Crippen LogP contribution is 2.18. The molecule has 0 spiro atoms. The molecule has 1 aliphatic heterocycles. The number of amides is 1. The van der Waals surface area contributed by atoms with Crippen LogP contribution < -0.4 is 10.9 Å². The fourth-order valence-electron chi connectivity index (χ4n) is 3.00. The summed E-state index contributed by atoms with van der Waals surface area (Å²) < 4.78 is 5.85. The fourth-order valence-corrected chi connectivity index (χ4v) is 3.20. The fraction of sp³-hybridized carbons (Fsp3) is 0.471. The molecule has 6 nitrogen and oxygen atoms in total. The average Bonchev–Trinajstić information content (AvgIpc) is 3.05. The number of aromatic nitrogens is 2. The van der Waals surface area contributed by atoms with Gasteiger partial charge >= 0.3 is 0 Å². The first-order valence-corrected chi connectivity index (χ1v) is 8.62. The van der Waals surface area contributed by atoms with Crippen molar-refractivity contribution in [2.45, 2.75) is 44.8 Å². The van der Waals surface area contributed by atoms with Crippen LogP contribution in [0.5, 0.6) is 0 Å². The third kappa shape index (κ3) is 3.91. The molecule has 0 aliphatic carbocycles. The van der Waals surface area contributed by atoms with Crippen LogP contribution in [-0.4, -0.2) is 34.6 Å². The Hall–Kier alpha value is -1.99. The molecule has 2 unspecified atom stereocenters. The van der Waals surface area contributed by atoms with Gasteiger partial charge in [0.05, 0.1) is 17.0 Å². The Morgan fingerprint density at radius 1 is 1.46 bits per heavy atom. The number of nitrogens with one attached hydrogen (secondary N) is 3. The summed E-state index contributed by atoms with van der Waals surface area (Å²) in [6.07, 6.45) is 4.41. The number of rotatable bonds is 5. The van der Waals surface area contributed by atoms with Crippen LogP contribution in [0.25, 0.3) is 10.9 Å². The smallest absolute Gasteiger partial charge is 0.259 e.